The standard InChI is InChI=1S/C12H12N2O5S2/c13-20(15,16)11-5-1-9(2-6-11)19-10-3-7-12(8-4-10)21(14,17)18/h1-8H,(H2,13,15,16)(H2,14,17,18)/p+2. The molecule has 6 N–H and O–H groups in total. The summed E-state index contributed by atoms with van der Waals surface area (Å²) in [5.41, 5.74) is 0. The number of benzene rings is 2. The van der Waals surface area contributed by atoms with Gasteiger partial charge in [0.25, 0.3) is 0 Å². The molecule has 0 aromatic heterocycles. The molecule has 2 aromatic rings. The van der Waals surface area contributed by atoms with E-state index in [1.54, 1.807) is 0 Å². The maximum atomic E-state index is 11.2. The van der Waals surface area contributed by atoms with E-state index in [0.717, 1.165) is 0 Å². The molecule has 0 amide bonds. The normalized spacial score (nSPS) is 12.1. The summed E-state index contributed by atoms with van der Waals surface area (Å²) in [5, 5.41) is 6.11. The van der Waals surface area contributed by atoms with Crippen molar-refractivity contribution in [2.24, 2.45) is 0 Å². The van der Waals surface area contributed by atoms with Crippen molar-refractivity contribution in [2.75, 3.05) is 0 Å². The summed E-state index contributed by atoms with van der Waals surface area (Å²) in [6.07, 6.45) is 0. The van der Waals surface area contributed by atoms with Crippen LogP contribution in [0.3, 0.4) is 0 Å². The van der Waals surface area contributed by atoms with Gasteiger partial charge >= 0.3 is 20.0 Å². The first-order valence-corrected chi connectivity index (χ1v) is 9.01. The summed E-state index contributed by atoms with van der Waals surface area (Å²) in [7, 11) is -6.99. The average Bonchev–Trinajstić information content (AvgIpc) is 2.38. The van der Waals surface area contributed by atoms with Crippen molar-refractivity contribution in [3.05, 3.63) is 48.5 Å². The minimum atomic E-state index is -3.49. The third-order valence-electron chi connectivity index (χ3n) is 2.60. The maximum absolute atomic E-state index is 11.2. The SMILES string of the molecule is [NH3+]S(=O)(=O)c1ccc(Oc2ccc(S([NH3+])(=O)=O)cc2)cc1. The highest BCUT2D eigenvalue weighted by atomic mass is 32.2. The van der Waals surface area contributed by atoms with Crippen LogP contribution < -0.4 is 15.0 Å². The lowest BCUT2D eigenvalue weighted by Gasteiger charge is -2.06. The number of quaternary nitrogens is 2. The molecule has 0 radical (unpaired) electrons. The second kappa shape index (κ2) is 5.45. The van der Waals surface area contributed by atoms with Gasteiger partial charge < -0.3 is 4.74 Å². The van der Waals surface area contributed by atoms with Crippen LogP contribution in [-0.4, -0.2) is 16.8 Å². The van der Waals surface area contributed by atoms with E-state index < -0.39 is 20.0 Å². The molecule has 0 bridgehead atoms. The highest BCUT2D eigenvalue weighted by Crippen LogP contribution is 2.23. The lowest BCUT2D eigenvalue weighted by Crippen LogP contribution is -2.56. The Balaban J connectivity index is 2.19. The number of rotatable bonds is 4. The summed E-state index contributed by atoms with van der Waals surface area (Å²) < 4.78 is 50.4. The number of hydrogen-bond acceptors (Lipinski definition) is 5. The molecule has 0 saturated carbocycles. The van der Waals surface area contributed by atoms with Gasteiger partial charge in [0.15, 0.2) is 0 Å². The monoisotopic (exact) mass is 330 g/mol. The largest absolute Gasteiger partial charge is 0.457 e. The molecule has 0 unspecified atom stereocenters. The van der Waals surface area contributed by atoms with E-state index in [0.29, 0.717) is 11.5 Å². The quantitative estimate of drug-likeness (QED) is 0.768. The molecule has 21 heavy (non-hydrogen) atoms. The van der Waals surface area contributed by atoms with Gasteiger partial charge in [0.2, 0.25) is 0 Å². The predicted molar refractivity (Wildman–Crippen MR) is 73.1 cm³/mol. The molecule has 0 heterocycles. The summed E-state index contributed by atoms with van der Waals surface area (Å²) in [5.74, 6) is 0.847. The highest BCUT2D eigenvalue weighted by Gasteiger charge is 2.12. The van der Waals surface area contributed by atoms with E-state index in [9.17, 15) is 16.8 Å². The van der Waals surface area contributed by atoms with Gasteiger partial charge in [0, 0.05) is 0 Å². The number of sulfonamides is 2. The van der Waals surface area contributed by atoms with E-state index in [4.69, 9.17) is 4.74 Å². The Morgan fingerprint density at radius 1 is 0.619 bits per heavy atom. The zero-order valence-electron chi connectivity index (χ0n) is 10.9. The van der Waals surface area contributed by atoms with Crippen molar-refractivity contribution >= 4 is 20.0 Å². The number of ether oxygens (including phenoxy) is 1. The first-order chi connectivity index (χ1) is 9.66. The van der Waals surface area contributed by atoms with Crippen molar-refractivity contribution in [3.8, 4) is 11.5 Å². The lowest BCUT2D eigenvalue weighted by molar-refractivity contribution is -0.166. The van der Waals surface area contributed by atoms with Crippen molar-refractivity contribution in [3.63, 3.8) is 0 Å². The predicted octanol–water partition coefficient (Wildman–Crippen LogP) is -0.660. The van der Waals surface area contributed by atoms with E-state index in [1.165, 1.54) is 48.5 Å². The Morgan fingerprint density at radius 2 is 0.905 bits per heavy atom. The topological polar surface area (TPSA) is 133 Å². The second-order valence-electron chi connectivity index (χ2n) is 4.27. The zero-order valence-corrected chi connectivity index (χ0v) is 12.5. The molecule has 7 nitrogen and oxygen atoms in total. The minimum absolute atomic E-state index is 0.0911. The van der Waals surface area contributed by atoms with Crippen molar-refractivity contribution in [1.29, 1.82) is 0 Å². The third kappa shape index (κ3) is 4.02. The number of hydrogen-bond donors (Lipinski definition) is 2. The molecule has 0 fully saturated rings. The van der Waals surface area contributed by atoms with Crippen LogP contribution in [0, 0.1) is 0 Å². The molecule has 0 spiro atoms. The van der Waals surface area contributed by atoms with Gasteiger partial charge in [-0.3, -0.25) is 0 Å². The molecule has 0 aliphatic rings. The van der Waals surface area contributed by atoms with Crippen molar-refractivity contribution in [1.82, 2.24) is 0 Å². The van der Waals surface area contributed by atoms with Gasteiger partial charge in [0.1, 0.15) is 21.3 Å². The summed E-state index contributed by atoms with van der Waals surface area (Å²) in [4.78, 5) is 0.182. The lowest BCUT2D eigenvalue weighted by atomic mass is 10.3. The highest BCUT2D eigenvalue weighted by molar-refractivity contribution is 7.84. The maximum Gasteiger partial charge on any atom is 0.322 e. The molecule has 2 rings (SSSR count). The van der Waals surface area contributed by atoms with Crippen LogP contribution in [0.25, 0.3) is 0 Å². The van der Waals surface area contributed by atoms with Gasteiger partial charge in [-0.2, -0.15) is 16.8 Å². The first kappa shape index (κ1) is 15.4. The fraction of sp³-hybridized carbons (Fsp3) is 0. The Morgan fingerprint density at radius 3 is 1.14 bits per heavy atom. The molecule has 2 aromatic carbocycles. The van der Waals surface area contributed by atoms with E-state index in [1.807, 2.05) is 0 Å². The fourth-order valence-corrected chi connectivity index (χ4v) is 2.67. The van der Waals surface area contributed by atoms with E-state index in [2.05, 4.69) is 10.3 Å². The summed E-state index contributed by atoms with van der Waals surface area (Å²) in [6, 6.07) is 11.5. The van der Waals surface area contributed by atoms with Gasteiger partial charge in [-0.1, -0.05) is 0 Å². The van der Waals surface area contributed by atoms with Crippen molar-refractivity contribution in [2.45, 2.75) is 9.79 Å². The smallest absolute Gasteiger partial charge is 0.322 e. The van der Waals surface area contributed by atoms with Gasteiger partial charge in [-0.15, -0.1) is 0 Å². The molecule has 0 aliphatic heterocycles. The van der Waals surface area contributed by atoms with Crippen molar-refractivity contribution < 1.29 is 31.9 Å². The average molecular weight is 330 g/mol. The van der Waals surface area contributed by atoms with Gasteiger partial charge in [0.05, 0.1) is 0 Å². The molecule has 9 heteroatoms. The molecular formula is C12H14N2O5S2+2. The Hall–Kier alpha value is -1.94. The first-order valence-electron chi connectivity index (χ1n) is 5.70. The molecule has 112 valence electrons. The van der Waals surface area contributed by atoms with E-state index in [-0.39, 0.29) is 9.79 Å². The minimum Gasteiger partial charge on any atom is -0.457 e. The second-order valence-corrected chi connectivity index (χ2v) is 7.68. The summed E-state index contributed by atoms with van der Waals surface area (Å²) in [6.45, 7) is 0. The summed E-state index contributed by atoms with van der Waals surface area (Å²) >= 11 is 0. The Kier molecular flexibility index (Phi) is 4.01. The molecule has 0 aliphatic carbocycles. The van der Waals surface area contributed by atoms with Gasteiger partial charge in [-0.05, 0) is 48.5 Å². The molecule has 0 atom stereocenters. The van der Waals surface area contributed by atoms with Gasteiger partial charge in [-0.25, -0.2) is 10.3 Å². The third-order valence-corrected chi connectivity index (χ3v) is 4.58. The van der Waals surface area contributed by atoms with Crippen LogP contribution in [0.15, 0.2) is 58.3 Å². The fourth-order valence-electron chi connectivity index (χ4n) is 1.57. The Bertz CT molecular complexity index is 768. The molecule has 0 saturated heterocycles. The zero-order chi connectivity index (χ0) is 15.7. The van der Waals surface area contributed by atoms with Crippen LogP contribution in [0.5, 0.6) is 11.5 Å². The van der Waals surface area contributed by atoms with Crippen LogP contribution in [0.1, 0.15) is 0 Å². The van der Waals surface area contributed by atoms with Crippen LogP contribution >= 0.6 is 0 Å². The molecular weight excluding hydrogens is 316 g/mol. The van der Waals surface area contributed by atoms with Crippen LogP contribution in [-0.2, 0) is 20.0 Å². The van der Waals surface area contributed by atoms with Crippen LogP contribution in [0.4, 0.5) is 0 Å². The Labute approximate surface area is 122 Å². The van der Waals surface area contributed by atoms with E-state index >= 15 is 0 Å². The van der Waals surface area contributed by atoms with Crippen LogP contribution in [0.2, 0.25) is 0 Å².